The molecular formula is C24H25N3O8. The number of hydrogen-bond acceptors (Lipinski definition) is 7. The number of nitrogens with two attached hydrogens (primary N) is 2. The number of fused-ring (bicyclic) bond motifs is 2. The summed E-state index contributed by atoms with van der Waals surface area (Å²) < 4.78 is 11.4. The number of guanidine groups is 1. The van der Waals surface area contributed by atoms with Gasteiger partial charge in [0.25, 0.3) is 0 Å². The minimum absolute atomic E-state index is 0.0232. The molecule has 11 heteroatoms. The molecular weight excluding hydrogens is 458 g/mol. The number of para-hydroxylation sites is 1. The first-order valence-corrected chi connectivity index (χ1v) is 10.8. The van der Waals surface area contributed by atoms with Crippen molar-refractivity contribution in [2.24, 2.45) is 22.4 Å². The fourth-order valence-corrected chi connectivity index (χ4v) is 3.84. The van der Waals surface area contributed by atoms with Crippen molar-refractivity contribution in [2.45, 2.75) is 32.1 Å². The summed E-state index contributed by atoms with van der Waals surface area (Å²) >= 11 is 0. The topological polar surface area (TPSA) is 192 Å². The van der Waals surface area contributed by atoms with Crippen LogP contribution in [0.5, 0.6) is 11.5 Å². The number of Topliss-reactive ketones (excluding diaryl/α,β-unsaturated/α-hetero) is 1. The van der Waals surface area contributed by atoms with Crippen LogP contribution in [-0.4, -0.2) is 46.5 Å². The van der Waals surface area contributed by atoms with Crippen molar-refractivity contribution in [3.63, 3.8) is 0 Å². The number of esters is 1. The summed E-state index contributed by atoms with van der Waals surface area (Å²) in [6.07, 6.45) is -0.316. The molecule has 0 aromatic heterocycles. The molecule has 2 aromatic carbocycles. The van der Waals surface area contributed by atoms with Crippen molar-refractivity contribution in [1.82, 2.24) is 0 Å². The molecule has 0 unspecified atom stereocenters. The Morgan fingerprint density at radius 3 is 2.40 bits per heavy atom. The summed E-state index contributed by atoms with van der Waals surface area (Å²) in [4.78, 5) is 52.1. The average molecular weight is 483 g/mol. The monoisotopic (exact) mass is 483 g/mol. The standard InChI is InChI=1S/C24H25N3O8/c25-24(26)27-15-6-7-16-14(12-15)3-2-8-34-22-17(4-1-5-19(22)35-23(16)33)18(28)9-13(10-20(29)30)11-21(31)32/h1,4-7,12-13H,2-3,8-11H2,(H,29,30)(H,31,32)(H4,25,26,27). The van der Waals surface area contributed by atoms with Crippen molar-refractivity contribution in [3.8, 4) is 11.5 Å². The van der Waals surface area contributed by atoms with Gasteiger partial charge in [0.15, 0.2) is 23.2 Å². The van der Waals surface area contributed by atoms with Gasteiger partial charge in [0.1, 0.15) is 0 Å². The fraction of sp³-hybridized carbons (Fsp3) is 0.292. The number of aryl methyl sites for hydroxylation is 1. The molecule has 184 valence electrons. The molecule has 0 amide bonds. The highest BCUT2D eigenvalue weighted by Crippen LogP contribution is 2.35. The normalized spacial score (nSPS) is 13.0. The van der Waals surface area contributed by atoms with Crippen LogP contribution in [0.4, 0.5) is 5.69 Å². The zero-order valence-electron chi connectivity index (χ0n) is 18.7. The molecule has 1 aliphatic rings. The Balaban J connectivity index is 1.91. The van der Waals surface area contributed by atoms with E-state index in [0.717, 1.165) is 0 Å². The van der Waals surface area contributed by atoms with Crippen LogP contribution in [0.25, 0.3) is 0 Å². The Bertz CT molecular complexity index is 1170. The zero-order valence-corrected chi connectivity index (χ0v) is 18.7. The lowest BCUT2D eigenvalue weighted by atomic mass is 9.92. The summed E-state index contributed by atoms with van der Waals surface area (Å²) in [7, 11) is 0. The molecule has 0 fully saturated rings. The van der Waals surface area contributed by atoms with Crippen molar-refractivity contribution >= 4 is 35.3 Å². The van der Waals surface area contributed by atoms with E-state index < -0.39 is 42.5 Å². The molecule has 0 aliphatic carbocycles. The van der Waals surface area contributed by atoms with Crippen LogP contribution in [0.15, 0.2) is 41.4 Å². The number of benzene rings is 2. The van der Waals surface area contributed by atoms with Crippen molar-refractivity contribution in [3.05, 3.63) is 53.1 Å². The minimum Gasteiger partial charge on any atom is -0.489 e. The SMILES string of the molecule is NC(N)=Nc1ccc2c(c1)CCCOc1c(cccc1C(=O)CC(CC(=O)O)CC(=O)O)OC2=O. The molecule has 0 atom stereocenters. The molecule has 0 bridgehead atoms. The number of ketones is 1. The second kappa shape index (κ2) is 11.1. The second-order valence-corrected chi connectivity index (χ2v) is 8.04. The first-order valence-electron chi connectivity index (χ1n) is 10.8. The molecule has 0 spiro atoms. The summed E-state index contributed by atoms with van der Waals surface area (Å²) in [6.45, 7) is 0.189. The predicted molar refractivity (Wildman–Crippen MR) is 124 cm³/mol. The van der Waals surface area contributed by atoms with Crippen molar-refractivity contribution in [2.75, 3.05) is 6.61 Å². The third-order valence-corrected chi connectivity index (χ3v) is 5.29. The van der Waals surface area contributed by atoms with Crippen molar-refractivity contribution < 1.29 is 38.9 Å². The second-order valence-electron chi connectivity index (χ2n) is 8.04. The summed E-state index contributed by atoms with van der Waals surface area (Å²) in [5, 5.41) is 18.1. The van der Waals surface area contributed by atoms with Crippen LogP contribution >= 0.6 is 0 Å². The van der Waals surface area contributed by atoms with E-state index in [4.69, 9.17) is 31.2 Å². The largest absolute Gasteiger partial charge is 0.489 e. The van der Waals surface area contributed by atoms with E-state index in [1.165, 1.54) is 18.2 Å². The summed E-state index contributed by atoms with van der Waals surface area (Å²) in [6, 6.07) is 9.26. The van der Waals surface area contributed by atoms with Gasteiger partial charge in [-0.25, -0.2) is 9.79 Å². The van der Waals surface area contributed by atoms with Gasteiger partial charge in [-0.1, -0.05) is 6.07 Å². The summed E-state index contributed by atoms with van der Waals surface area (Å²) in [5.41, 5.74) is 12.4. The maximum atomic E-state index is 13.0. The molecule has 1 aliphatic heterocycles. The smallest absolute Gasteiger partial charge is 0.343 e. The van der Waals surface area contributed by atoms with E-state index >= 15 is 0 Å². The van der Waals surface area contributed by atoms with Gasteiger partial charge in [-0.3, -0.25) is 14.4 Å². The number of ether oxygens (including phenoxy) is 2. The molecule has 1 heterocycles. The van der Waals surface area contributed by atoms with Gasteiger partial charge < -0.3 is 31.2 Å². The number of rotatable bonds is 8. The quantitative estimate of drug-likeness (QED) is 0.142. The van der Waals surface area contributed by atoms with Gasteiger partial charge in [-0.05, 0) is 54.7 Å². The minimum atomic E-state index is -1.20. The lowest BCUT2D eigenvalue weighted by Gasteiger charge is -2.19. The molecule has 0 radical (unpaired) electrons. The number of aliphatic imine (C=N–C) groups is 1. The highest BCUT2D eigenvalue weighted by atomic mass is 16.6. The lowest BCUT2D eigenvalue weighted by molar-refractivity contribution is -0.140. The maximum Gasteiger partial charge on any atom is 0.343 e. The third kappa shape index (κ3) is 6.79. The van der Waals surface area contributed by atoms with Gasteiger partial charge in [0, 0.05) is 19.3 Å². The maximum absolute atomic E-state index is 13.0. The molecule has 11 nitrogen and oxygen atoms in total. The number of carboxylic acid groups (broad SMARTS) is 2. The number of carbonyl (C=O) groups is 4. The number of carboxylic acids is 2. The molecule has 3 rings (SSSR count). The Morgan fingerprint density at radius 2 is 1.74 bits per heavy atom. The predicted octanol–water partition coefficient (Wildman–Crippen LogP) is 2.27. The first-order chi connectivity index (χ1) is 16.6. The van der Waals surface area contributed by atoms with Crippen LogP contribution in [0.2, 0.25) is 0 Å². The van der Waals surface area contributed by atoms with Crippen LogP contribution in [0.1, 0.15) is 52.0 Å². The van der Waals surface area contributed by atoms with Crippen LogP contribution in [0, 0.1) is 5.92 Å². The Labute approximate surface area is 200 Å². The van der Waals surface area contributed by atoms with Crippen LogP contribution in [0.3, 0.4) is 0 Å². The Hall–Kier alpha value is -4.41. The van der Waals surface area contributed by atoms with E-state index in [0.29, 0.717) is 29.7 Å². The number of nitrogens with zero attached hydrogens (tertiary/aromatic N) is 1. The summed E-state index contributed by atoms with van der Waals surface area (Å²) in [5.74, 6) is -4.52. The van der Waals surface area contributed by atoms with Crippen LogP contribution < -0.4 is 20.9 Å². The van der Waals surface area contributed by atoms with E-state index in [9.17, 15) is 19.2 Å². The number of hydrogen-bond donors (Lipinski definition) is 4. The zero-order chi connectivity index (χ0) is 25.5. The fourth-order valence-electron chi connectivity index (χ4n) is 3.84. The highest BCUT2D eigenvalue weighted by molar-refractivity contribution is 6.01. The van der Waals surface area contributed by atoms with Crippen molar-refractivity contribution in [1.29, 1.82) is 0 Å². The Kier molecular flexibility index (Phi) is 8.03. The number of carbonyl (C=O) groups excluding carboxylic acids is 2. The highest BCUT2D eigenvalue weighted by Gasteiger charge is 2.26. The van der Waals surface area contributed by atoms with E-state index in [-0.39, 0.29) is 36.0 Å². The molecule has 35 heavy (non-hydrogen) atoms. The molecule has 0 saturated heterocycles. The Morgan fingerprint density at radius 1 is 1.03 bits per heavy atom. The van der Waals surface area contributed by atoms with Gasteiger partial charge >= 0.3 is 17.9 Å². The molecule has 6 N–H and O–H groups in total. The molecule has 2 aromatic rings. The van der Waals surface area contributed by atoms with Gasteiger partial charge in [-0.2, -0.15) is 0 Å². The van der Waals surface area contributed by atoms with E-state index in [1.807, 2.05) is 0 Å². The number of aliphatic carboxylic acids is 2. The first kappa shape index (κ1) is 25.2. The van der Waals surface area contributed by atoms with Gasteiger partial charge in [0.05, 0.1) is 23.4 Å². The van der Waals surface area contributed by atoms with Crippen LogP contribution in [-0.2, 0) is 16.0 Å². The van der Waals surface area contributed by atoms with Gasteiger partial charge in [0.2, 0.25) is 0 Å². The average Bonchev–Trinajstić information content (AvgIpc) is 2.75. The van der Waals surface area contributed by atoms with E-state index in [1.54, 1.807) is 18.2 Å². The molecule has 0 saturated carbocycles. The van der Waals surface area contributed by atoms with Gasteiger partial charge in [-0.15, -0.1) is 0 Å². The lowest BCUT2D eigenvalue weighted by Crippen LogP contribution is -2.22. The van der Waals surface area contributed by atoms with E-state index in [2.05, 4.69) is 4.99 Å². The third-order valence-electron chi connectivity index (χ3n) is 5.29.